The SMILES string of the molecule is CNC(=O)[C@@H](C)[NH2+][C@H](C)c1ccc2c(c1)CCCC2. The van der Waals surface area contributed by atoms with Gasteiger partial charge in [-0.3, -0.25) is 4.79 Å². The average molecular weight is 261 g/mol. The number of nitrogens with one attached hydrogen (secondary N) is 1. The molecular weight excluding hydrogens is 236 g/mol. The van der Waals surface area contributed by atoms with Gasteiger partial charge in [-0.2, -0.15) is 0 Å². The van der Waals surface area contributed by atoms with Gasteiger partial charge in [0.25, 0.3) is 5.91 Å². The van der Waals surface area contributed by atoms with Crippen LogP contribution in [0.3, 0.4) is 0 Å². The van der Waals surface area contributed by atoms with Gasteiger partial charge < -0.3 is 10.6 Å². The van der Waals surface area contributed by atoms with Crippen molar-refractivity contribution in [1.82, 2.24) is 5.32 Å². The van der Waals surface area contributed by atoms with Gasteiger partial charge >= 0.3 is 0 Å². The molecule has 0 fully saturated rings. The minimum Gasteiger partial charge on any atom is -0.354 e. The molecule has 0 saturated carbocycles. The van der Waals surface area contributed by atoms with Gasteiger partial charge in [-0.05, 0) is 56.7 Å². The lowest BCUT2D eigenvalue weighted by atomic mass is 9.89. The van der Waals surface area contributed by atoms with E-state index in [0.29, 0.717) is 6.04 Å². The topological polar surface area (TPSA) is 45.7 Å². The van der Waals surface area contributed by atoms with Crippen LogP contribution in [0.4, 0.5) is 0 Å². The lowest BCUT2D eigenvalue weighted by Gasteiger charge is -2.20. The average Bonchev–Trinajstić information content (AvgIpc) is 2.45. The van der Waals surface area contributed by atoms with E-state index in [4.69, 9.17) is 0 Å². The predicted octanol–water partition coefficient (Wildman–Crippen LogP) is 1.32. The number of aryl methyl sites for hydroxylation is 2. The standard InChI is InChI=1S/C16H24N2O/c1-11(18-12(2)16(19)17-3)14-9-8-13-6-4-5-7-15(13)10-14/h8-12,18H,4-7H2,1-3H3,(H,17,19)/p+1/t11-,12-/m1/s1. The molecule has 0 saturated heterocycles. The first-order chi connectivity index (χ1) is 9.11. The summed E-state index contributed by atoms with van der Waals surface area (Å²) in [6, 6.07) is 7.11. The van der Waals surface area contributed by atoms with Crippen molar-refractivity contribution in [3.63, 3.8) is 0 Å². The lowest BCUT2D eigenvalue weighted by Crippen LogP contribution is -2.92. The van der Waals surface area contributed by atoms with Crippen molar-refractivity contribution in [2.75, 3.05) is 7.05 Å². The van der Waals surface area contributed by atoms with Gasteiger partial charge in [-0.25, -0.2) is 0 Å². The summed E-state index contributed by atoms with van der Waals surface area (Å²) >= 11 is 0. The minimum absolute atomic E-state index is 0.0453. The zero-order valence-corrected chi connectivity index (χ0v) is 12.2. The number of fused-ring (bicyclic) bond motifs is 1. The number of rotatable bonds is 4. The highest BCUT2D eigenvalue weighted by molar-refractivity contribution is 5.79. The van der Waals surface area contributed by atoms with Crippen molar-refractivity contribution in [1.29, 1.82) is 0 Å². The molecule has 3 N–H and O–H groups in total. The highest BCUT2D eigenvalue weighted by atomic mass is 16.2. The summed E-state index contributed by atoms with van der Waals surface area (Å²) in [4.78, 5) is 11.6. The van der Waals surface area contributed by atoms with Gasteiger partial charge in [0.15, 0.2) is 6.04 Å². The molecule has 1 aliphatic rings. The molecule has 2 rings (SSSR count). The second kappa shape index (κ2) is 6.20. The van der Waals surface area contributed by atoms with Crippen molar-refractivity contribution in [3.8, 4) is 0 Å². The van der Waals surface area contributed by atoms with Crippen LogP contribution in [-0.2, 0) is 17.6 Å². The maximum Gasteiger partial charge on any atom is 0.277 e. The Labute approximate surface area is 115 Å². The quantitative estimate of drug-likeness (QED) is 0.844. The monoisotopic (exact) mass is 261 g/mol. The molecule has 0 aliphatic heterocycles. The van der Waals surface area contributed by atoms with Gasteiger partial charge in [0.1, 0.15) is 6.04 Å². The van der Waals surface area contributed by atoms with E-state index in [1.54, 1.807) is 7.05 Å². The molecule has 1 amide bonds. The zero-order chi connectivity index (χ0) is 13.8. The predicted molar refractivity (Wildman–Crippen MR) is 77.0 cm³/mol. The molecule has 3 nitrogen and oxygen atoms in total. The van der Waals surface area contributed by atoms with Crippen molar-refractivity contribution >= 4 is 5.91 Å². The number of hydrogen-bond donors (Lipinski definition) is 2. The van der Waals surface area contributed by atoms with E-state index in [9.17, 15) is 4.79 Å². The first-order valence-electron chi connectivity index (χ1n) is 7.30. The summed E-state index contributed by atoms with van der Waals surface area (Å²) in [7, 11) is 1.69. The number of hydrogen-bond acceptors (Lipinski definition) is 1. The maximum absolute atomic E-state index is 11.6. The third-order valence-electron chi connectivity index (χ3n) is 4.14. The summed E-state index contributed by atoms with van der Waals surface area (Å²) in [5, 5.41) is 4.83. The molecule has 2 atom stereocenters. The number of carbonyl (C=O) groups excluding carboxylic acids is 1. The molecule has 3 heteroatoms. The van der Waals surface area contributed by atoms with Crippen molar-refractivity contribution < 1.29 is 10.1 Å². The normalized spacial score (nSPS) is 17.4. The van der Waals surface area contributed by atoms with E-state index in [0.717, 1.165) is 0 Å². The molecule has 19 heavy (non-hydrogen) atoms. The lowest BCUT2D eigenvalue weighted by molar-refractivity contribution is -0.710. The Morgan fingerprint density at radius 2 is 1.89 bits per heavy atom. The smallest absolute Gasteiger partial charge is 0.277 e. The summed E-state index contributed by atoms with van der Waals surface area (Å²) in [5.41, 5.74) is 4.36. The third kappa shape index (κ3) is 3.35. The summed E-state index contributed by atoms with van der Waals surface area (Å²) in [6.07, 6.45) is 5.06. The minimum atomic E-state index is -0.0453. The highest BCUT2D eigenvalue weighted by Crippen LogP contribution is 2.23. The molecule has 104 valence electrons. The van der Waals surface area contributed by atoms with Crippen LogP contribution in [0.1, 0.15) is 49.4 Å². The Hall–Kier alpha value is -1.35. The van der Waals surface area contributed by atoms with Gasteiger partial charge in [0, 0.05) is 12.6 Å². The van der Waals surface area contributed by atoms with Crippen LogP contribution in [0.25, 0.3) is 0 Å². The number of carbonyl (C=O) groups is 1. The largest absolute Gasteiger partial charge is 0.354 e. The summed E-state index contributed by atoms with van der Waals surface area (Å²) in [6.45, 7) is 4.12. The van der Waals surface area contributed by atoms with Crippen LogP contribution in [0, 0.1) is 0 Å². The van der Waals surface area contributed by atoms with E-state index in [-0.39, 0.29) is 11.9 Å². The first kappa shape index (κ1) is 14.1. The van der Waals surface area contributed by atoms with Gasteiger partial charge in [0.2, 0.25) is 0 Å². The fraction of sp³-hybridized carbons (Fsp3) is 0.562. The van der Waals surface area contributed by atoms with Crippen molar-refractivity contribution in [3.05, 3.63) is 34.9 Å². The number of nitrogens with two attached hydrogens (primary N) is 1. The molecule has 0 aromatic heterocycles. The molecule has 1 aromatic rings. The Morgan fingerprint density at radius 1 is 1.21 bits per heavy atom. The van der Waals surface area contributed by atoms with Crippen LogP contribution in [-0.4, -0.2) is 19.0 Å². The van der Waals surface area contributed by atoms with E-state index >= 15 is 0 Å². The zero-order valence-electron chi connectivity index (χ0n) is 12.2. The number of amides is 1. The Balaban J connectivity index is 2.07. The molecule has 0 heterocycles. The summed E-state index contributed by atoms with van der Waals surface area (Å²) < 4.78 is 0. The van der Waals surface area contributed by atoms with Gasteiger partial charge in [0.05, 0.1) is 0 Å². The number of benzene rings is 1. The van der Waals surface area contributed by atoms with E-state index in [1.807, 2.05) is 6.92 Å². The van der Waals surface area contributed by atoms with Gasteiger partial charge in [-0.15, -0.1) is 0 Å². The molecule has 0 spiro atoms. The fourth-order valence-electron chi connectivity index (χ4n) is 2.90. The van der Waals surface area contributed by atoms with Gasteiger partial charge in [-0.1, -0.05) is 12.1 Å². The second-order valence-electron chi connectivity index (χ2n) is 5.62. The Morgan fingerprint density at radius 3 is 2.58 bits per heavy atom. The third-order valence-corrected chi connectivity index (χ3v) is 4.14. The van der Waals surface area contributed by atoms with Crippen LogP contribution in [0.5, 0.6) is 0 Å². The number of quaternary nitrogens is 1. The number of likely N-dealkylation sites (N-methyl/N-ethyl adjacent to an activating group) is 1. The maximum atomic E-state index is 11.6. The molecular formula is C16H25N2O+. The molecule has 1 aromatic carbocycles. The van der Waals surface area contributed by atoms with Crippen LogP contribution >= 0.6 is 0 Å². The Bertz CT molecular complexity index is 456. The van der Waals surface area contributed by atoms with Crippen LogP contribution < -0.4 is 10.6 Å². The molecule has 1 aliphatic carbocycles. The van der Waals surface area contributed by atoms with Crippen LogP contribution in [0.15, 0.2) is 18.2 Å². The first-order valence-corrected chi connectivity index (χ1v) is 7.30. The van der Waals surface area contributed by atoms with Crippen molar-refractivity contribution in [2.24, 2.45) is 0 Å². The fourth-order valence-corrected chi connectivity index (χ4v) is 2.90. The molecule has 0 bridgehead atoms. The molecule has 0 unspecified atom stereocenters. The highest BCUT2D eigenvalue weighted by Gasteiger charge is 2.20. The molecule has 0 radical (unpaired) electrons. The van der Waals surface area contributed by atoms with Crippen molar-refractivity contribution in [2.45, 2.75) is 51.6 Å². The van der Waals surface area contributed by atoms with E-state index in [2.05, 4.69) is 35.8 Å². The van der Waals surface area contributed by atoms with E-state index < -0.39 is 0 Å². The van der Waals surface area contributed by atoms with Crippen LogP contribution in [0.2, 0.25) is 0 Å². The van der Waals surface area contributed by atoms with E-state index in [1.165, 1.54) is 42.4 Å². The summed E-state index contributed by atoms with van der Waals surface area (Å²) in [5.74, 6) is 0.0878. The Kier molecular flexibility index (Phi) is 4.59. The second-order valence-corrected chi connectivity index (χ2v) is 5.62.